The second-order valence-corrected chi connectivity index (χ2v) is 4.27. The van der Waals surface area contributed by atoms with Crippen molar-refractivity contribution in [2.75, 3.05) is 7.11 Å². The van der Waals surface area contributed by atoms with E-state index in [4.69, 9.17) is 4.74 Å². The van der Waals surface area contributed by atoms with Crippen LogP contribution in [0.3, 0.4) is 0 Å². The number of hydrogen-bond acceptors (Lipinski definition) is 1. The third-order valence-electron chi connectivity index (χ3n) is 2.87. The number of rotatable bonds is 3. The molecule has 0 aliphatic carbocycles. The summed E-state index contributed by atoms with van der Waals surface area (Å²) in [5.74, 6) is -3.35. The first-order valence-electron chi connectivity index (χ1n) is 5.76. The number of hydrogen-bond donors (Lipinski definition) is 0. The number of aryl methyl sites for hydroxylation is 1. The van der Waals surface area contributed by atoms with Crippen LogP contribution in [-0.2, 0) is 0 Å². The molecule has 0 fully saturated rings. The fourth-order valence-corrected chi connectivity index (χ4v) is 1.76. The summed E-state index contributed by atoms with van der Waals surface area (Å²) in [7, 11) is 2.27. The van der Waals surface area contributed by atoms with E-state index in [1.807, 2.05) is 0 Å². The van der Waals surface area contributed by atoms with E-state index >= 15 is 0 Å². The van der Waals surface area contributed by atoms with Crippen LogP contribution in [0.5, 0.6) is 5.75 Å². The zero-order valence-corrected chi connectivity index (χ0v) is 10.8. The second-order valence-electron chi connectivity index (χ2n) is 4.27. The van der Waals surface area contributed by atoms with E-state index in [2.05, 4.69) is 0 Å². The number of methoxy groups -OCH3 is 1. The van der Waals surface area contributed by atoms with Gasteiger partial charge in [-0.2, -0.15) is 0 Å². The molecule has 1 nitrogen and oxygen atoms in total. The Bertz CT molecular complexity index is 635. The van der Waals surface area contributed by atoms with Crippen molar-refractivity contribution in [3.63, 3.8) is 0 Å². The SMILES string of the molecule is COc1cc(F)c([B]c2cc(C)c(F)cc2F)c(F)c1. The van der Waals surface area contributed by atoms with E-state index in [1.165, 1.54) is 20.1 Å². The molecule has 2 rings (SSSR count). The Kier molecular flexibility index (Phi) is 4.02. The van der Waals surface area contributed by atoms with Crippen molar-refractivity contribution >= 4 is 18.2 Å². The standard InChI is InChI=1S/C14H10BF4O/c1-7-3-9(11(17)6-10(7)16)15-14-12(18)4-8(20-2)5-13(14)19/h3-6H,1-2H3. The molecule has 20 heavy (non-hydrogen) atoms. The highest BCUT2D eigenvalue weighted by Gasteiger charge is 2.16. The third-order valence-corrected chi connectivity index (χ3v) is 2.87. The van der Waals surface area contributed by atoms with Crippen LogP contribution >= 0.6 is 0 Å². The Balaban J connectivity index is 2.42. The average molecular weight is 281 g/mol. The molecule has 0 spiro atoms. The van der Waals surface area contributed by atoms with Crippen LogP contribution in [0.4, 0.5) is 17.6 Å². The van der Waals surface area contributed by atoms with Gasteiger partial charge in [0.2, 0.25) is 7.28 Å². The maximum absolute atomic E-state index is 13.7. The van der Waals surface area contributed by atoms with E-state index in [1.54, 1.807) is 0 Å². The van der Waals surface area contributed by atoms with Gasteiger partial charge in [-0.15, -0.1) is 0 Å². The van der Waals surface area contributed by atoms with Crippen molar-refractivity contribution < 1.29 is 22.3 Å². The molecule has 1 radical (unpaired) electrons. The van der Waals surface area contributed by atoms with Gasteiger partial charge in [-0.25, -0.2) is 17.6 Å². The van der Waals surface area contributed by atoms with E-state index in [-0.39, 0.29) is 16.8 Å². The molecular formula is C14H10BF4O. The Morgan fingerprint density at radius 1 is 0.850 bits per heavy atom. The lowest BCUT2D eigenvalue weighted by molar-refractivity contribution is 0.407. The summed E-state index contributed by atoms with van der Waals surface area (Å²) in [5.41, 5.74) is -0.311. The predicted octanol–water partition coefficient (Wildman–Crippen LogP) is 2.22. The molecule has 0 bridgehead atoms. The molecule has 0 saturated carbocycles. The monoisotopic (exact) mass is 281 g/mol. The van der Waals surface area contributed by atoms with Crippen LogP contribution in [0.25, 0.3) is 0 Å². The van der Waals surface area contributed by atoms with Crippen molar-refractivity contribution in [3.8, 4) is 5.75 Å². The maximum Gasteiger partial charge on any atom is 0.203 e. The lowest BCUT2D eigenvalue weighted by atomic mass is 9.63. The second kappa shape index (κ2) is 5.57. The summed E-state index contributed by atoms with van der Waals surface area (Å²) in [5, 5.41) is 0. The summed E-state index contributed by atoms with van der Waals surface area (Å²) < 4.78 is 58.9. The van der Waals surface area contributed by atoms with Gasteiger partial charge in [0.1, 0.15) is 29.0 Å². The summed E-state index contributed by atoms with van der Waals surface area (Å²) in [6.45, 7) is 1.44. The highest BCUT2D eigenvalue weighted by atomic mass is 19.1. The lowest BCUT2D eigenvalue weighted by Crippen LogP contribution is -2.34. The molecule has 103 valence electrons. The largest absolute Gasteiger partial charge is 0.497 e. The van der Waals surface area contributed by atoms with Gasteiger partial charge in [-0.3, -0.25) is 0 Å². The minimum atomic E-state index is -0.886. The van der Waals surface area contributed by atoms with Gasteiger partial charge in [-0.1, -0.05) is 6.07 Å². The van der Waals surface area contributed by atoms with Crippen LogP contribution in [0, 0.1) is 30.2 Å². The van der Waals surface area contributed by atoms with Crippen LogP contribution in [0.15, 0.2) is 24.3 Å². The van der Waals surface area contributed by atoms with Crippen LogP contribution < -0.4 is 15.7 Å². The summed E-state index contributed by atoms with van der Waals surface area (Å²) >= 11 is 0. The van der Waals surface area contributed by atoms with E-state index in [9.17, 15) is 17.6 Å². The average Bonchev–Trinajstić information content (AvgIpc) is 2.39. The van der Waals surface area contributed by atoms with Crippen LogP contribution in [0.1, 0.15) is 5.56 Å². The molecule has 0 unspecified atom stereocenters. The van der Waals surface area contributed by atoms with E-state index < -0.39 is 28.7 Å². The molecule has 0 N–H and O–H groups in total. The zero-order valence-electron chi connectivity index (χ0n) is 10.8. The van der Waals surface area contributed by atoms with Gasteiger partial charge in [0.05, 0.1) is 7.11 Å². The molecule has 0 saturated heterocycles. The normalized spacial score (nSPS) is 10.5. The zero-order chi connectivity index (χ0) is 14.9. The van der Waals surface area contributed by atoms with Crippen molar-refractivity contribution in [2.45, 2.75) is 6.92 Å². The minimum Gasteiger partial charge on any atom is -0.497 e. The molecule has 2 aromatic rings. The van der Waals surface area contributed by atoms with Gasteiger partial charge in [0.15, 0.2) is 0 Å². The molecule has 2 aromatic carbocycles. The van der Waals surface area contributed by atoms with Crippen LogP contribution in [-0.4, -0.2) is 14.4 Å². The molecule has 6 heteroatoms. The summed E-state index contributed by atoms with van der Waals surface area (Å²) in [6.07, 6.45) is 0. The quantitative estimate of drug-likeness (QED) is 0.619. The van der Waals surface area contributed by atoms with Crippen LogP contribution in [0.2, 0.25) is 0 Å². The van der Waals surface area contributed by atoms with Gasteiger partial charge < -0.3 is 4.74 Å². The first kappa shape index (κ1) is 14.4. The minimum absolute atomic E-state index is 0.0212. The van der Waals surface area contributed by atoms with Gasteiger partial charge in [0.25, 0.3) is 0 Å². The highest BCUT2D eigenvalue weighted by Crippen LogP contribution is 2.13. The lowest BCUT2D eigenvalue weighted by Gasteiger charge is -2.09. The third kappa shape index (κ3) is 2.79. The predicted molar refractivity (Wildman–Crippen MR) is 69.0 cm³/mol. The van der Waals surface area contributed by atoms with Gasteiger partial charge in [0, 0.05) is 18.2 Å². The Morgan fingerprint density at radius 2 is 1.45 bits per heavy atom. The number of halogens is 4. The van der Waals surface area contributed by atoms with Gasteiger partial charge >= 0.3 is 0 Å². The van der Waals surface area contributed by atoms with Crippen molar-refractivity contribution in [1.82, 2.24) is 0 Å². The molecule has 0 atom stereocenters. The highest BCUT2D eigenvalue weighted by molar-refractivity contribution is 6.67. The van der Waals surface area contributed by atoms with Crippen molar-refractivity contribution in [2.24, 2.45) is 0 Å². The van der Waals surface area contributed by atoms with E-state index in [0.717, 1.165) is 19.4 Å². The molecular weight excluding hydrogens is 271 g/mol. The molecule has 0 aliphatic rings. The Labute approximate surface area is 114 Å². The Hall–Kier alpha value is -1.98. The fourth-order valence-electron chi connectivity index (χ4n) is 1.76. The first-order chi connectivity index (χ1) is 9.42. The first-order valence-corrected chi connectivity index (χ1v) is 5.76. The van der Waals surface area contributed by atoms with E-state index in [0.29, 0.717) is 6.07 Å². The molecule has 0 aromatic heterocycles. The smallest absolute Gasteiger partial charge is 0.203 e. The molecule has 0 amide bonds. The summed E-state index contributed by atoms with van der Waals surface area (Å²) in [6, 6.07) is 3.85. The maximum atomic E-state index is 13.7. The van der Waals surface area contributed by atoms with Crippen molar-refractivity contribution in [3.05, 3.63) is 53.1 Å². The van der Waals surface area contributed by atoms with Gasteiger partial charge in [-0.05, 0) is 23.4 Å². The molecule has 0 aliphatic heterocycles. The molecule has 0 heterocycles. The fraction of sp³-hybridized carbons (Fsp3) is 0.143. The van der Waals surface area contributed by atoms with Crippen molar-refractivity contribution in [1.29, 1.82) is 0 Å². The topological polar surface area (TPSA) is 9.23 Å². The number of benzene rings is 2. The number of ether oxygens (including phenoxy) is 1. The summed E-state index contributed by atoms with van der Waals surface area (Å²) in [4.78, 5) is 0. The Morgan fingerprint density at radius 3 is 2.00 bits per heavy atom.